The maximum Gasteiger partial charge on any atom is 0.409 e. The summed E-state index contributed by atoms with van der Waals surface area (Å²) in [6.45, 7) is 12.8. The van der Waals surface area contributed by atoms with Gasteiger partial charge in [0.2, 0.25) is 17.7 Å². The monoisotopic (exact) mass is 995 g/mol. The molecule has 0 spiro atoms. The van der Waals surface area contributed by atoms with Crippen LogP contribution in [0.1, 0.15) is 98.5 Å². The SMILES string of the molecule is C/C=C(\C)Cc1cc(OC)c(Cl)c(N(C)C(=O)C[C@H](OC(=O)[C@H](C)N(C)C(=O)CCC(=O)N(CCOCCOCCC(=O)O)C2CCNCC2)[C@@]2(C)C[C@](C)([C@@H]3C[C@](O)([C@@H](C)OC)NC(=O)O3)O2)c1. The number of piperidine rings is 1. The van der Waals surface area contributed by atoms with Crippen LogP contribution < -0.4 is 20.3 Å². The van der Waals surface area contributed by atoms with E-state index in [9.17, 15) is 33.9 Å². The number of carboxylic acids is 1. The summed E-state index contributed by atoms with van der Waals surface area (Å²) in [4.78, 5) is 83.6. The van der Waals surface area contributed by atoms with Crippen molar-refractivity contribution >= 4 is 53.0 Å². The summed E-state index contributed by atoms with van der Waals surface area (Å²) in [5.41, 5.74) is -2.02. The number of anilines is 1. The lowest BCUT2D eigenvalue weighted by Gasteiger charge is -2.59. The Morgan fingerprint density at radius 3 is 2.22 bits per heavy atom. The van der Waals surface area contributed by atoms with Gasteiger partial charge in [-0.15, -0.1) is 0 Å². The number of rotatable bonds is 26. The van der Waals surface area contributed by atoms with Gasteiger partial charge < -0.3 is 63.4 Å². The maximum atomic E-state index is 14.4. The van der Waals surface area contributed by atoms with E-state index < -0.39 is 77.5 Å². The van der Waals surface area contributed by atoms with Gasteiger partial charge in [0.15, 0.2) is 5.72 Å². The van der Waals surface area contributed by atoms with E-state index >= 15 is 0 Å². The Kier molecular flexibility index (Phi) is 21.1. The number of likely N-dealkylation sites (N-methyl/N-ethyl adjacent to an activating group) is 1. The lowest BCUT2D eigenvalue weighted by Crippen LogP contribution is -2.72. The Bertz CT molecular complexity index is 1990. The molecule has 0 unspecified atom stereocenters. The molecule has 388 valence electrons. The number of aliphatic hydroxyl groups is 1. The number of methoxy groups -OCH3 is 2. The fraction of sp³-hybridized carbons (Fsp3) is 0.708. The van der Waals surface area contributed by atoms with Crippen molar-refractivity contribution in [1.82, 2.24) is 20.4 Å². The first-order chi connectivity index (χ1) is 32.5. The molecule has 4 N–H and O–H groups in total. The minimum absolute atomic E-state index is 0.0575. The number of benzene rings is 1. The molecule has 0 radical (unpaired) electrons. The molecule has 3 saturated heterocycles. The quantitative estimate of drug-likeness (QED) is 0.0583. The number of hydrogen-bond acceptors (Lipinski definition) is 15. The number of alkyl carbamates (subject to hydrolysis) is 1. The average molecular weight is 997 g/mol. The highest BCUT2D eigenvalue weighted by molar-refractivity contribution is 6.35. The second-order valence-electron chi connectivity index (χ2n) is 18.6. The van der Waals surface area contributed by atoms with Crippen LogP contribution in [-0.4, -0.2) is 177 Å². The Hall–Kier alpha value is -4.57. The zero-order valence-electron chi connectivity index (χ0n) is 41.9. The van der Waals surface area contributed by atoms with Crippen LogP contribution in [0.5, 0.6) is 5.75 Å². The Morgan fingerprint density at radius 2 is 1.61 bits per heavy atom. The summed E-state index contributed by atoms with van der Waals surface area (Å²) >= 11 is 6.79. The van der Waals surface area contributed by atoms with Crippen LogP contribution in [-0.2, 0) is 58.8 Å². The average Bonchev–Trinajstić information content (AvgIpc) is 3.30. The molecule has 0 aliphatic carbocycles. The van der Waals surface area contributed by atoms with Gasteiger partial charge in [0.1, 0.15) is 46.3 Å². The number of carboxylic acid groups (broad SMARTS) is 1. The predicted molar refractivity (Wildman–Crippen MR) is 254 cm³/mol. The molecule has 3 fully saturated rings. The number of cyclic esters (lactones) is 1. The van der Waals surface area contributed by atoms with Crippen molar-refractivity contribution in [3.8, 4) is 5.75 Å². The van der Waals surface area contributed by atoms with Crippen LogP contribution in [0.2, 0.25) is 5.02 Å². The van der Waals surface area contributed by atoms with E-state index in [1.807, 2.05) is 19.9 Å². The van der Waals surface area contributed by atoms with E-state index in [4.69, 9.17) is 49.9 Å². The van der Waals surface area contributed by atoms with Crippen LogP contribution >= 0.6 is 11.6 Å². The number of allylic oxidation sites excluding steroid dienone is 2. The molecule has 0 bridgehead atoms. The van der Waals surface area contributed by atoms with E-state index in [1.165, 1.54) is 38.0 Å². The molecule has 7 atom stereocenters. The topological polar surface area (TPSA) is 241 Å². The predicted octanol–water partition coefficient (Wildman–Crippen LogP) is 4.00. The van der Waals surface area contributed by atoms with Crippen molar-refractivity contribution in [2.45, 2.75) is 147 Å². The van der Waals surface area contributed by atoms with Gasteiger partial charge in [-0.3, -0.25) is 24.5 Å². The second kappa shape index (κ2) is 25.5. The lowest BCUT2D eigenvalue weighted by molar-refractivity contribution is -0.329. The van der Waals surface area contributed by atoms with Gasteiger partial charge in [-0.1, -0.05) is 23.3 Å². The van der Waals surface area contributed by atoms with Crippen LogP contribution in [0.25, 0.3) is 0 Å². The van der Waals surface area contributed by atoms with Gasteiger partial charge in [-0.2, -0.15) is 0 Å². The van der Waals surface area contributed by atoms with Gasteiger partial charge in [0.25, 0.3) is 0 Å². The summed E-state index contributed by atoms with van der Waals surface area (Å²) in [5.74, 6) is -2.64. The van der Waals surface area contributed by atoms with Gasteiger partial charge in [0, 0.05) is 59.5 Å². The highest BCUT2D eigenvalue weighted by atomic mass is 35.5. The third kappa shape index (κ3) is 15.2. The first kappa shape index (κ1) is 57.0. The lowest BCUT2D eigenvalue weighted by atomic mass is 9.72. The Balaban J connectivity index is 1.50. The number of aliphatic carboxylic acids is 1. The van der Waals surface area contributed by atoms with Crippen LogP contribution in [0, 0.1) is 0 Å². The van der Waals surface area contributed by atoms with Gasteiger partial charge in [-0.25, -0.2) is 9.59 Å². The fourth-order valence-electron chi connectivity index (χ4n) is 8.88. The highest BCUT2D eigenvalue weighted by Crippen LogP contribution is 2.50. The third-order valence-electron chi connectivity index (χ3n) is 13.5. The summed E-state index contributed by atoms with van der Waals surface area (Å²) < 4.78 is 40.2. The van der Waals surface area contributed by atoms with Crippen molar-refractivity contribution in [3.05, 3.63) is 34.4 Å². The third-order valence-corrected chi connectivity index (χ3v) is 13.9. The first-order valence-electron chi connectivity index (χ1n) is 23.5. The second-order valence-corrected chi connectivity index (χ2v) is 19.0. The summed E-state index contributed by atoms with van der Waals surface area (Å²) in [7, 11) is 5.87. The number of amides is 4. The normalized spacial score (nSPS) is 24.1. The van der Waals surface area contributed by atoms with Crippen molar-refractivity contribution < 1.29 is 72.1 Å². The summed E-state index contributed by atoms with van der Waals surface area (Å²) in [6, 6.07) is 2.38. The minimum atomic E-state index is -1.78. The van der Waals surface area contributed by atoms with Gasteiger partial charge in [0.05, 0.1) is 52.1 Å². The van der Waals surface area contributed by atoms with Crippen LogP contribution in [0.15, 0.2) is 23.8 Å². The highest BCUT2D eigenvalue weighted by Gasteiger charge is 2.63. The molecule has 4 rings (SSSR count). The molecule has 4 amide bonds. The molecule has 1 aromatic rings. The molecule has 0 saturated carbocycles. The minimum Gasteiger partial charge on any atom is -0.495 e. The number of halogens is 1. The number of carbonyl (C=O) groups is 6. The zero-order valence-corrected chi connectivity index (χ0v) is 42.6. The number of nitrogens with zero attached hydrogens (tertiary/aromatic N) is 3. The number of ether oxygens (including phenoxy) is 7. The Morgan fingerprint density at radius 1 is 0.971 bits per heavy atom. The van der Waals surface area contributed by atoms with E-state index in [1.54, 1.807) is 44.9 Å². The first-order valence-corrected chi connectivity index (χ1v) is 23.9. The molecule has 3 aliphatic rings. The molecule has 1 aromatic carbocycles. The Labute approximate surface area is 410 Å². The molecule has 20 nitrogen and oxygen atoms in total. The van der Waals surface area contributed by atoms with E-state index in [-0.39, 0.29) is 82.0 Å². The van der Waals surface area contributed by atoms with E-state index in [0.29, 0.717) is 17.9 Å². The van der Waals surface area contributed by atoms with Crippen molar-refractivity contribution in [1.29, 1.82) is 0 Å². The summed E-state index contributed by atoms with van der Waals surface area (Å²) in [5, 5.41) is 26.0. The van der Waals surface area contributed by atoms with Crippen molar-refractivity contribution in [3.63, 3.8) is 0 Å². The number of carbonyl (C=O) groups excluding carboxylic acids is 5. The number of esters is 1. The summed E-state index contributed by atoms with van der Waals surface area (Å²) in [6.07, 6.45) is -0.696. The molecule has 3 heterocycles. The van der Waals surface area contributed by atoms with E-state index in [0.717, 1.165) is 37.1 Å². The van der Waals surface area contributed by atoms with Crippen LogP contribution in [0.4, 0.5) is 10.5 Å². The van der Waals surface area contributed by atoms with E-state index in [2.05, 4.69) is 10.6 Å². The standard InChI is InChI=1S/C48H74ClN5O15/c1-11-30(2)24-33-25-35(43(49)36(26-33)64-10)53(8)41(57)27-37(46(5)29-47(6,69-46)38-28-48(62,32(4)63-9)51-45(61)68-38)67-44(60)31(3)52(7)39(55)12-13-40(56)54(34-14-17-50-18-15-34)19-21-66-23-22-65-20-16-42(58)59/h11,25-26,31-32,34,37-38,50,62H,12-24,27-29H2,1-10H3,(H,51,61)(H,58,59)/b30-11+/t31-,32+,37-,38-,46+,47+,48-/m0/s1. The molecule has 3 aliphatic heterocycles. The smallest absolute Gasteiger partial charge is 0.409 e. The molecule has 21 heteroatoms. The largest absolute Gasteiger partial charge is 0.495 e. The van der Waals surface area contributed by atoms with Crippen molar-refractivity contribution in [2.75, 3.05) is 79.3 Å². The molecule has 69 heavy (non-hydrogen) atoms. The van der Waals surface area contributed by atoms with Gasteiger partial charge in [-0.05, 0) is 91.6 Å². The molecular formula is C48H74ClN5O15. The zero-order chi connectivity index (χ0) is 51.3. The molecule has 0 aromatic heterocycles. The molecular weight excluding hydrogens is 922 g/mol. The van der Waals surface area contributed by atoms with Crippen molar-refractivity contribution in [2.24, 2.45) is 0 Å². The van der Waals surface area contributed by atoms with Crippen LogP contribution in [0.3, 0.4) is 0 Å². The maximum absolute atomic E-state index is 14.4. The van der Waals surface area contributed by atoms with Gasteiger partial charge >= 0.3 is 18.0 Å². The number of hydrogen-bond donors (Lipinski definition) is 4. The number of nitrogens with one attached hydrogen (secondary N) is 2. The fourth-order valence-corrected chi connectivity index (χ4v) is 9.20.